The fourth-order valence-electron chi connectivity index (χ4n) is 2.14. The molecule has 3 aliphatic rings. The molecule has 0 amide bonds. The molecule has 74 valence electrons. The van der Waals surface area contributed by atoms with Gasteiger partial charge in [0.1, 0.15) is 24.4 Å². The second-order valence-corrected chi connectivity index (χ2v) is 4.30. The quantitative estimate of drug-likeness (QED) is 0.545. The molecule has 3 rings (SSSR count). The fourth-order valence-corrected chi connectivity index (χ4v) is 2.14. The molecule has 0 bridgehead atoms. The van der Waals surface area contributed by atoms with E-state index >= 15 is 0 Å². The third-order valence-electron chi connectivity index (χ3n) is 2.87. The van der Waals surface area contributed by atoms with Crippen LogP contribution >= 0.6 is 0 Å². The lowest BCUT2D eigenvalue weighted by Gasteiger charge is -2.39. The molecule has 0 aromatic rings. The van der Waals surface area contributed by atoms with Gasteiger partial charge < -0.3 is 18.9 Å². The zero-order valence-electron chi connectivity index (χ0n) is 7.86. The SMILES string of the molecule is CC1(C)OC[C@@H]2O[C@H]3CO[C@H]3[C@@H]2O1. The van der Waals surface area contributed by atoms with Crippen LogP contribution in [0.5, 0.6) is 0 Å². The number of fused-ring (bicyclic) bond motifs is 3. The molecule has 4 atom stereocenters. The minimum Gasteiger partial charge on any atom is -0.370 e. The molecule has 4 heteroatoms. The fraction of sp³-hybridized carbons (Fsp3) is 1.00. The lowest BCUT2D eigenvalue weighted by molar-refractivity contribution is -0.301. The molecule has 0 saturated carbocycles. The highest BCUT2D eigenvalue weighted by Gasteiger charge is 2.55. The highest BCUT2D eigenvalue weighted by atomic mass is 16.8. The second kappa shape index (κ2) is 2.45. The highest BCUT2D eigenvalue weighted by molar-refractivity contribution is 5.00. The van der Waals surface area contributed by atoms with Crippen molar-refractivity contribution in [3.05, 3.63) is 0 Å². The molecular weight excluding hydrogens is 172 g/mol. The van der Waals surface area contributed by atoms with E-state index < -0.39 is 5.79 Å². The van der Waals surface area contributed by atoms with E-state index in [0.717, 1.165) is 0 Å². The van der Waals surface area contributed by atoms with Crippen LogP contribution in [0.25, 0.3) is 0 Å². The topological polar surface area (TPSA) is 36.9 Å². The third kappa shape index (κ3) is 1.13. The van der Waals surface area contributed by atoms with E-state index in [4.69, 9.17) is 18.9 Å². The van der Waals surface area contributed by atoms with Crippen LogP contribution in [0.15, 0.2) is 0 Å². The van der Waals surface area contributed by atoms with Gasteiger partial charge in [0.25, 0.3) is 0 Å². The van der Waals surface area contributed by atoms with E-state index in [1.165, 1.54) is 0 Å². The molecule has 3 saturated heterocycles. The maximum absolute atomic E-state index is 5.76. The molecule has 0 aromatic carbocycles. The van der Waals surface area contributed by atoms with Crippen molar-refractivity contribution in [1.82, 2.24) is 0 Å². The molecular formula is C9H14O4. The minimum atomic E-state index is -0.488. The Hall–Kier alpha value is -0.160. The predicted octanol–water partition coefficient (Wildman–Crippen LogP) is 0.304. The molecule has 4 nitrogen and oxygen atoms in total. The Kier molecular flexibility index (Phi) is 1.54. The molecule has 0 N–H and O–H groups in total. The summed E-state index contributed by atoms with van der Waals surface area (Å²) in [6.45, 7) is 5.18. The van der Waals surface area contributed by atoms with E-state index in [0.29, 0.717) is 13.2 Å². The molecule has 0 aliphatic carbocycles. The Morgan fingerprint density at radius 3 is 2.54 bits per heavy atom. The zero-order valence-corrected chi connectivity index (χ0v) is 7.86. The van der Waals surface area contributed by atoms with Gasteiger partial charge in [0.2, 0.25) is 0 Å². The van der Waals surface area contributed by atoms with Crippen LogP contribution in [-0.4, -0.2) is 43.4 Å². The Morgan fingerprint density at radius 2 is 1.85 bits per heavy atom. The number of rotatable bonds is 0. The monoisotopic (exact) mass is 186 g/mol. The molecule has 3 heterocycles. The van der Waals surface area contributed by atoms with Gasteiger partial charge in [-0.2, -0.15) is 0 Å². The first-order chi connectivity index (χ1) is 6.16. The first-order valence-electron chi connectivity index (χ1n) is 4.74. The van der Waals surface area contributed by atoms with Gasteiger partial charge >= 0.3 is 0 Å². The Bertz CT molecular complexity index is 228. The van der Waals surface area contributed by atoms with Crippen molar-refractivity contribution in [2.75, 3.05) is 13.2 Å². The second-order valence-electron chi connectivity index (χ2n) is 4.30. The maximum atomic E-state index is 5.76. The molecule has 3 fully saturated rings. The normalized spacial score (nSPS) is 52.2. The van der Waals surface area contributed by atoms with E-state index in [2.05, 4.69) is 0 Å². The van der Waals surface area contributed by atoms with E-state index in [1.807, 2.05) is 13.8 Å². The number of ether oxygens (including phenoxy) is 4. The van der Waals surface area contributed by atoms with Crippen molar-refractivity contribution in [3.63, 3.8) is 0 Å². The van der Waals surface area contributed by atoms with Crippen LogP contribution in [0.4, 0.5) is 0 Å². The average Bonchev–Trinajstić information content (AvgIpc) is 2.20. The summed E-state index contributed by atoms with van der Waals surface area (Å²) in [6, 6.07) is 0. The van der Waals surface area contributed by atoms with Gasteiger partial charge in [0.05, 0.1) is 13.2 Å². The van der Waals surface area contributed by atoms with Crippen molar-refractivity contribution >= 4 is 0 Å². The van der Waals surface area contributed by atoms with Crippen molar-refractivity contribution in [2.24, 2.45) is 0 Å². The smallest absolute Gasteiger partial charge is 0.163 e. The standard InChI is InChI=1S/C9H14O4/c1-9(2)11-4-6-8(13-9)7-5(12-6)3-10-7/h5-8H,3-4H2,1-2H3/t5-,6-,7+,8+/m0/s1. The minimum absolute atomic E-state index is 0.0718. The van der Waals surface area contributed by atoms with Crippen molar-refractivity contribution < 1.29 is 18.9 Å². The lowest BCUT2D eigenvalue weighted by Crippen LogP contribution is -2.54. The van der Waals surface area contributed by atoms with Crippen molar-refractivity contribution in [1.29, 1.82) is 0 Å². The molecule has 0 spiro atoms. The van der Waals surface area contributed by atoms with Crippen LogP contribution in [0.2, 0.25) is 0 Å². The van der Waals surface area contributed by atoms with Gasteiger partial charge in [0, 0.05) is 0 Å². The summed E-state index contributed by atoms with van der Waals surface area (Å²) < 4.78 is 22.4. The maximum Gasteiger partial charge on any atom is 0.163 e. The van der Waals surface area contributed by atoms with Crippen LogP contribution < -0.4 is 0 Å². The van der Waals surface area contributed by atoms with Crippen molar-refractivity contribution in [2.45, 2.75) is 44.1 Å². The summed E-state index contributed by atoms with van der Waals surface area (Å²) >= 11 is 0. The predicted molar refractivity (Wildman–Crippen MR) is 43.3 cm³/mol. The van der Waals surface area contributed by atoms with Gasteiger partial charge in [0.15, 0.2) is 5.79 Å². The van der Waals surface area contributed by atoms with Gasteiger partial charge in [-0.15, -0.1) is 0 Å². The summed E-state index contributed by atoms with van der Waals surface area (Å²) in [7, 11) is 0. The van der Waals surface area contributed by atoms with E-state index in [1.54, 1.807) is 0 Å². The molecule has 0 aromatic heterocycles. The first kappa shape index (κ1) is 8.17. The Labute approximate surface area is 77.1 Å². The van der Waals surface area contributed by atoms with Gasteiger partial charge in [-0.3, -0.25) is 0 Å². The molecule has 3 aliphatic heterocycles. The summed E-state index contributed by atoms with van der Waals surface area (Å²) in [5.74, 6) is -0.488. The van der Waals surface area contributed by atoms with Crippen LogP contribution in [0.3, 0.4) is 0 Å². The summed E-state index contributed by atoms with van der Waals surface area (Å²) in [5, 5.41) is 0. The Morgan fingerprint density at radius 1 is 1.08 bits per heavy atom. The van der Waals surface area contributed by atoms with Crippen LogP contribution in [-0.2, 0) is 18.9 Å². The summed E-state index contributed by atoms with van der Waals surface area (Å²) in [4.78, 5) is 0. The van der Waals surface area contributed by atoms with Crippen LogP contribution in [0.1, 0.15) is 13.8 Å². The molecule has 0 radical (unpaired) electrons. The van der Waals surface area contributed by atoms with Crippen molar-refractivity contribution in [3.8, 4) is 0 Å². The van der Waals surface area contributed by atoms with Crippen LogP contribution in [0, 0.1) is 0 Å². The third-order valence-corrected chi connectivity index (χ3v) is 2.87. The first-order valence-corrected chi connectivity index (χ1v) is 4.74. The van der Waals surface area contributed by atoms with Gasteiger partial charge in [-0.05, 0) is 13.8 Å². The number of hydrogen-bond donors (Lipinski definition) is 0. The van der Waals surface area contributed by atoms with Gasteiger partial charge in [-0.25, -0.2) is 0 Å². The van der Waals surface area contributed by atoms with E-state index in [-0.39, 0.29) is 24.4 Å². The summed E-state index contributed by atoms with van der Waals surface area (Å²) in [5.41, 5.74) is 0. The Balaban J connectivity index is 1.78. The number of hydrogen-bond acceptors (Lipinski definition) is 4. The zero-order chi connectivity index (χ0) is 9.05. The highest BCUT2D eigenvalue weighted by Crippen LogP contribution is 2.38. The lowest BCUT2D eigenvalue weighted by atomic mass is 10.0. The largest absolute Gasteiger partial charge is 0.370 e. The van der Waals surface area contributed by atoms with E-state index in [9.17, 15) is 0 Å². The molecule has 0 unspecified atom stereocenters. The average molecular weight is 186 g/mol. The summed E-state index contributed by atoms with van der Waals surface area (Å²) in [6.07, 6.45) is 0.536. The van der Waals surface area contributed by atoms with Gasteiger partial charge in [-0.1, -0.05) is 0 Å². The molecule has 13 heavy (non-hydrogen) atoms.